The quantitative estimate of drug-likeness (QED) is 0.851. The number of carbonyl (C=O) groups excluding carboxylic acids is 1. The zero-order valence-electron chi connectivity index (χ0n) is 12.0. The number of terminal acetylenes is 1. The Morgan fingerprint density at radius 2 is 2.00 bits per heavy atom. The first-order chi connectivity index (χ1) is 10.5. The van der Waals surface area contributed by atoms with Gasteiger partial charge in [0.2, 0.25) is 10.0 Å². The summed E-state index contributed by atoms with van der Waals surface area (Å²) in [6.07, 6.45) is 7.77. The molecule has 1 heterocycles. The molecule has 118 valence electrons. The summed E-state index contributed by atoms with van der Waals surface area (Å²) in [4.78, 5) is 11.9. The first-order valence-corrected chi connectivity index (χ1v) is 8.80. The molecule has 2 rings (SSSR count). The summed E-state index contributed by atoms with van der Waals surface area (Å²) in [5.41, 5.74) is 0.218. The molecule has 0 radical (unpaired) electrons. The Labute approximate surface area is 135 Å². The van der Waals surface area contributed by atoms with Gasteiger partial charge in [0.05, 0.1) is 11.6 Å². The summed E-state index contributed by atoms with van der Waals surface area (Å²) in [6.45, 7) is 1.04. The van der Waals surface area contributed by atoms with Crippen molar-refractivity contribution in [3.63, 3.8) is 0 Å². The Balaban J connectivity index is 2.33. The number of nitrogens with one attached hydrogen (secondary N) is 1. The molecule has 1 aromatic carbocycles. The Morgan fingerprint density at radius 1 is 1.32 bits per heavy atom. The molecule has 1 amide bonds. The lowest BCUT2D eigenvalue weighted by Gasteiger charge is -2.26. The van der Waals surface area contributed by atoms with Crippen molar-refractivity contribution in [1.29, 1.82) is 0 Å². The molecule has 0 aliphatic carbocycles. The number of nitrogens with zero attached hydrogens (tertiary/aromatic N) is 1. The van der Waals surface area contributed by atoms with Crippen LogP contribution in [0.15, 0.2) is 23.1 Å². The molecule has 1 saturated heterocycles. The van der Waals surface area contributed by atoms with Crippen molar-refractivity contribution in [3.8, 4) is 12.3 Å². The van der Waals surface area contributed by atoms with Gasteiger partial charge in [-0.1, -0.05) is 23.9 Å². The van der Waals surface area contributed by atoms with Gasteiger partial charge in [-0.05, 0) is 31.0 Å². The van der Waals surface area contributed by atoms with Crippen LogP contribution in [0.3, 0.4) is 0 Å². The van der Waals surface area contributed by atoms with E-state index >= 15 is 0 Å². The van der Waals surface area contributed by atoms with Crippen molar-refractivity contribution in [2.45, 2.75) is 24.2 Å². The van der Waals surface area contributed by atoms with Crippen LogP contribution in [0, 0.1) is 12.3 Å². The predicted molar refractivity (Wildman–Crippen MR) is 85.2 cm³/mol. The third-order valence-corrected chi connectivity index (χ3v) is 5.86. The van der Waals surface area contributed by atoms with Crippen LogP contribution in [0.5, 0.6) is 0 Å². The number of halogens is 1. The van der Waals surface area contributed by atoms with Crippen LogP contribution in [0.1, 0.15) is 29.6 Å². The number of rotatable bonds is 4. The zero-order chi connectivity index (χ0) is 16.2. The number of carbonyl (C=O) groups is 1. The first kappa shape index (κ1) is 16.8. The summed E-state index contributed by atoms with van der Waals surface area (Å²) >= 11 is 6.04. The van der Waals surface area contributed by atoms with E-state index in [0.29, 0.717) is 13.1 Å². The SMILES string of the molecule is C#CCNC(=O)c1ccc(Cl)c(S(=O)(=O)N2CCCCC2)c1. The Bertz CT molecular complexity index is 704. The lowest BCUT2D eigenvalue weighted by molar-refractivity contribution is 0.0958. The maximum absolute atomic E-state index is 12.7. The van der Waals surface area contributed by atoms with Crippen molar-refractivity contribution in [2.24, 2.45) is 0 Å². The minimum absolute atomic E-state index is 0.0376. The second kappa shape index (κ2) is 7.14. The van der Waals surface area contributed by atoms with Gasteiger partial charge in [-0.25, -0.2) is 8.42 Å². The van der Waals surface area contributed by atoms with Crippen LogP contribution in [0.2, 0.25) is 5.02 Å². The number of hydrogen-bond acceptors (Lipinski definition) is 3. The van der Waals surface area contributed by atoms with Crippen molar-refractivity contribution in [3.05, 3.63) is 28.8 Å². The minimum atomic E-state index is -3.69. The molecule has 1 aromatic rings. The highest BCUT2D eigenvalue weighted by Crippen LogP contribution is 2.27. The minimum Gasteiger partial charge on any atom is -0.341 e. The molecule has 1 fully saturated rings. The van der Waals surface area contributed by atoms with Crippen LogP contribution in [-0.4, -0.2) is 38.3 Å². The van der Waals surface area contributed by atoms with Gasteiger partial charge in [0, 0.05) is 18.7 Å². The molecule has 1 aliphatic rings. The van der Waals surface area contributed by atoms with Crippen LogP contribution >= 0.6 is 11.6 Å². The average Bonchev–Trinajstić information content (AvgIpc) is 2.53. The summed E-state index contributed by atoms with van der Waals surface area (Å²) in [7, 11) is -3.69. The van der Waals surface area contributed by atoms with E-state index in [2.05, 4.69) is 11.2 Å². The van der Waals surface area contributed by atoms with E-state index in [1.165, 1.54) is 22.5 Å². The van der Waals surface area contributed by atoms with E-state index < -0.39 is 15.9 Å². The molecule has 0 spiro atoms. The lowest BCUT2D eigenvalue weighted by atomic mass is 10.2. The summed E-state index contributed by atoms with van der Waals surface area (Å²) < 4.78 is 26.8. The Kier molecular flexibility index (Phi) is 5.46. The monoisotopic (exact) mass is 340 g/mol. The second-order valence-electron chi connectivity index (χ2n) is 5.00. The predicted octanol–water partition coefficient (Wildman–Crippen LogP) is 1.88. The lowest BCUT2D eigenvalue weighted by Crippen LogP contribution is -2.36. The fourth-order valence-electron chi connectivity index (χ4n) is 2.32. The summed E-state index contributed by atoms with van der Waals surface area (Å²) in [6, 6.07) is 4.20. The molecular formula is C15H17ClN2O3S. The van der Waals surface area contributed by atoms with Crippen LogP contribution in [-0.2, 0) is 10.0 Å². The summed E-state index contributed by atoms with van der Waals surface area (Å²) in [5.74, 6) is 1.87. The molecule has 1 aliphatic heterocycles. The van der Waals surface area contributed by atoms with E-state index in [4.69, 9.17) is 18.0 Å². The van der Waals surface area contributed by atoms with Crippen molar-refractivity contribution in [2.75, 3.05) is 19.6 Å². The normalized spacial score (nSPS) is 16.0. The molecular weight excluding hydrogens is 324 g/mol. The highest BCUT2D eigenvalue weighted by atomic mass is 35.5. The van der Waals surface area contributed by atoms with Gasteiger partial charge in [0.1, 0.15) is 4.90 Å². The molecule has 22 heavy (non-hydrogen) atoms. The number of hydrogen-bond donors (Lipinski definition) is 1. The van der Waals surface area contributed by atoms with Crippen molar-refractivity contribution < 1.29 is 13.2 Å². The number of amides is 1. The van der Waals surface area contributed by atoms with Gasteiger partial charge in [-0.2, -0.15) is 4.31 Å². The fraction of sp³-hybridized carbons (Fsp3) is 0.400. The molecule has 0 aromatic heterocycles. The highest BCUT2D eigenvalue weighted by Gasteiger charge is 2.28. The van der Waals surface area contributed by atoms with Gasteiger partial charge >= 0.3 is 0 Å². The number of sulfonamides is 1. The fourth-order valence-corrected chi connectivity index (χ4v) is 4.34. The number of benzene rings is 1. The van der Waals surface area contributed by atoms with Gasteiger partial charge in [0.25, 0.3) is 5.91 Å². The molecule has 1 N–H and O–H groups in total. The maximum atomic E-state index is 12.7. The molecule has 7 heteroatoms. The van der Waals surface area contributed by atoms with Gasteiger partial charge < -0.3 is 5.32 Å². The number of piperidine rings is 1. The van der Waals surface area contributed by atoms with Gasteiger partial charge in [0.15, 0.2) is 0 Å². The maximum Gasteiger partial charge on any atom is 0.252 e. The summed E-state index contributed by atoms with van der Waals surface area (Å²) in [5, 5.41) is 2.61. The van der Waals surface area contributed by atoms with E-state index in [1.807, 2.05) is 0 Å². The Hall–Kier alpha value is -1.55. The van der Waals surface area contributed by atoms with Crippen molar-refractivity contribution in [1.82, 2.24) is 9.62 Å². The van der Waals surface area contributed by atoms with Crippen LogP contribution < -0.4 is 5.32 Å². The van der Waals surface area contributed by atoms with Gasteiger partial charge in [-0.3, -0.25) is 4.79 Å². The third-order valence-electron chi connectivity index (χ3n) is 3.48. The highest BCUT2D eigenvalue weighted by molar-refractivity contribution is 7.89. The van der Waals surface area contributed by atoms with E-state index in [1.54, 1.807) is 0 Å². The topological polar surface area (TPSA) is 66.5 Å². The Morgan fingerprint density at radius 3 is 2.64 bits per heavy atom. The van der Waals surface area contributed by atoms with Crippen LogP contribution in [0.25, 0.3) is 0 Å². The zero-order valence-corrected chi connectivity index (χ0v) is 13.6. The molecule has 0 bridgehead atoms. The third kappa shape index (κ3) is 3.61. The molecule has 5 nitrogen and oxygen atoms in total. The van der Waals surface area contributed by atoms with E-state index in [9.17, 15) is 13.2 Å². The second-order valence-corrected chi connectivity index (χ2v) is 7.31. The largest absolute Gasteiger partial charge is 0.341 e. The van der Waals surface area contributed by atoms with E-state index in [0.717, 1.165) is 19.3 Å². The van der Waals surface area contributed by atoms with Crippen molar-refractivity contribution >= 4 is 27.5 Å². The standard InChI is InChI=1S/C15H17ClN2O3S/c1-2-8-17-15(19)12-6-7-13(16)14(11-12)22(20,21)18-9-4-3-5-10-18/h1,6-7,11H,3-5,8-10H2,(H,17,19). The smallest absolute Gasteiger partial charge is 0.252 e. The van der Waals surface area contributed by atoms with Crippen LogP contribution in [0.4, 0.5) is 0 Å². The molecule has 0 atom stereocenters. The first-order valence-electron chi connectivity index (χ1n) is 6.98. The molecule has 0 saturated carbocycles. The van der Waals surface area contributed by atoms with Gasteiger partial charge in [-0.15, -0.1) is 6.42 Å². The van der Waals surface area contributed by atoms with E-state index in [-0.39, 0.29) is 22.0 Å². The molecule has 0 unspecified atom stereocenters. The average molecular weight is 341 g/mol.